The van der Waals surface area contributed by atoms with Crippen LogP contribution >= 0.6 is 0 Å². The summed E-state index contributed by atoms with van der Waals surface area (Å²) in [5.41, 5.74) is 0. The van der Waals surface area contributed by atoms with E-state index >= 15 is 0 Å². The average Bonchev–Trinajstić information content (AvgIpc) is 2.26. The summed E-state index contributed by atoms with van der Waals surface area (Å²) in [6, 6.07) is 0. The highest BCUT2D eigenvalue weighted by Gasteiger charge is 1.74. The maximum atomic E-state index is 3.77. The van der Waals surface area contributed by atoms with Crippen molar-refractivity contribution in [3.05, 3.63) is 55.5 Å². The van der Waals surface area contributed by atoms with E-state index in [4.69, 9.17) is 0 Å². The predicted molar refractivity (Wildman–Crippen MR) is 70.7 cm³/mol. The Balaban J connectivity index is 3.48. The van der Waals surface area contributed by atoms with Crippen molar-refractivity contribution in [1.29, 1.82) is 0 Å². The first kappa shape index (κ1) is 14.0. The van der Waals surface area contributed by atoms with Gasteiger partial charge < -0.3 is 0 Å². The minimum atomic E-state index is 0.973. The molecule has 0 rings (SSSR count). The zero-order valence-corrected chi connectivity index (χ0v) is 9.86. The van der Waals surface area contributed by atoms with Crippen LogP contribution in [0.4, 0.5) is 0 Å². The standard InChI is InChI=1S/C15H23/c1-3-5-7-9-11-13-15-14-12-10-8-6-4-2/h7,9-15H,1,3-6,8H2,2H3/b9-7+,12-10+,13-11+,15-14+. The molecular weight excluding hydrogens is 180 g/mol. The van der Waals surface area contributed by atoms with Crippen molar-refractivity contribution >= 4 is 0 Å². The zero-order chi connectivity index (χ0) is 11.2. The first-order valence-corrected chi connectivity index (χ1v) is 5.86. The maximum absolute atomic E-state index is 3.77. The quantitative estimate of drug-likeness (QED) is 0.384. The summed E-state index contributed by atoms with van der Waals surface area (Å²) in [7, 11) is 0. The first-order chi connectivity index (χ1) is 7.41. The summed E-state index contributed by atoms with van der Waals surface area (Å²) in [6.45, 7) is 5.98. The molecule has 0 saturated carbocycles. The van der Waals surface area contributed by atoms with Gasteiger partial charge in [-0.05, 0) is 19.3 Å². The van der Waals surface area contributed by atoms with Gasteiger partial charge in [-0.3, -0.25) is 0 Å². The highest BCUT2D eigenvalue weighted by Crippen LogP contribution is 1.95. The van der Waals surface area contributed by atoms with Crippen molar-refractivity contribution in [1.82, 2.24) is 0 Å². The molecule has 0 aromatic heterocycles. The third kappa shape index (κ3) is 13.0. The number of unbranched alkanes of at least 4 members (excludes halogenated alkanes) is 3. The zero-order valence-electron chi connectivity index (χ0n) is 9.86. The van der Waals surface area contributed by atoms with Crippen molar-refractivity contribution in [2.45, 2.75) is 39.0 Å². The van der Waals surface area contributed by atoms with Crippen LogP contribution in [-0.2, 0) is 0 Å². The molecule has 0 atom stereocenters. The molecule has 0 heterocycles. The van der Waals surface area contributed by atoms with E-state index in [0.29, 0.717) is 0 Å². The van der Waals surface area contributed by atoms with Gasteiger partial charge in [0.25, 0.3) is 0 Å². The largest absolute Gasteiger partial charge is 0.0845 e. The van der Waals surface area contributed by atoms with Crippen LogP contribution in [0.15, 0.2) is 48.6 Å². The molecule has 1 radical (unpaired) electrons. The van der Waals surface area contributed by atoms with Crippen LogP contribution in [0.1, 0.15) is 39.0 Å². The third-order valence-corrected chi connectivity index (χ3v) is 1.92. The number of rotatable bonds is 8. The first-order valence-electron chi connectivity index (χ1n) is 5.86. The van der Waals surface area contributed by atoms with Gasteiger partial charge >= 0.3 is 0 Å². The summed E-state index contributed by atoms with van der Waals surface area (Å²) < 4.78 is 0. The Kier molecular flexibility index (Phi) is 12.1. The highest BCUT2D eigenvalue weighted by molar-refractivity contribution is 5.15. The fourth-order valence-electron chi connectivity index (χ4n) is 1.05. The van der Waals surface area contributed by atoms with Crippen LogP contribution in [-0.4, -0.2) is 0 Å². The van der Waals surface area contributed by atoms with Crippen LogP contribution in [0.3, 0.4) is 0 Å². The predicted octanol–water partition coefficient (Wildman–Crippen LogP) is 5.02. The van der Waals surface area contributed by atoms with E-state index in [-0.39, 0.29) is 0 Å². The maximum Gasteiger partial charge on any atom is -0.0348 e. The molecule has 0 aliphatic rings. The Morgan fingerprint density at radius 3 is 1.87 bits per heavy atom. The van der Waals surface area contributed by atoms with Crippen LogP contribution < -0.4 is 0 Å². The van der Waals surface area contributed by atoms with E-state index in [1.807, 2.05) is 12.2 Å². The number of allylic oxidation sites excluding steroid dienone is 8. The Bertz CT molecular complexity index is 216. The Labute approximate surface area is 95.1 Å². The monoisotopic (exact) mass is 203 g/mol. The lowest BCUT2D eigenvalue weighted by atomic mass is 10.2. The normalized spacial score (nSPS) is 12.9. The minimum absolute atomic E-state index is 0.973. The Morgan fingerprint density at radius 1 is 0.800 bits per heavy atom. The highest BCUT2D eigenvalue weighted by atomic mass is 13.8. The van der Waals surface area contributed by atoms with Gasteiger partial charge in [0.2, 0.25) is 0 Å². The second kappa shape index (κ2) is 13.0. The molecule has 0 aliphatic heterocycles. The van der Waals surface area contributed by atoms with Crippen molar-refractivity contribution in [2.75, 3.05) is 0 Å². The molecule has 0 fully saturated rings. The molecule has 0 saturated heterocycles. The Hall–Kier alpha value is -1.04. The molecule has 0 aromatic rings. The lowest BCUT2D eigenvalue weighted by Crippen LogP contribution is -1.64. The molecular formula is C15H23. The van der Waals surface area contributed by atoms with Crippen LogP contribution in [0.5, 0.6) is 0 Å². The number of hydrogen-bond acceptors (Lipinski definition) is 0. The lowest BCUT2D eigenvalue weighted by Gasteiger charge is -1.85. The van der Waals surface area contributed by atoms with Crippen molar-refractivity contribution in [3.8, 4) is 0 Å². The molecule has 0 bridgehead atoms. The summed E-state index contributed by atoms with van der Waals surface area (Å²) in [5, 5.41) is 0. The van der Waals surface area contributed by atoms with E-state index in [1.54, 1.807) is 0 Å². The lowest BCUT2D eigenvalue weighted by molar-refractivity contribution is 0.815. The molecule has 0 N–H and O–H groups in total. The van der Waals surface area contributed by atoms with Gasteiger partial charge in [0.05, 0.1) is 0 Å². The van der Waals surface area contributed by atoms with E-state index < -0.39 is 0 Å². The van der Waals surface area contributed by atoms with Crippen LogP contribution in [0.2, 0.25) is 0 Å². The van der Waals surface area contributed by atoms with Crippen molar-refractivity contribution < 1.29 is 0 Å². The summed E-state index contributed by atoms with van der Waals surface area (Å²) in [4.78, 5) is 0. The second-order valence-corrected chi connectivity index (χ2v) is 3.41. The van der Waals surface area contributed by atoms with Crippen LogP contribution in [0, 0.1) is 6.92 Å². The molecule has 0 aliphatic carbocycles. The molecule has 0 amide bonds. The van der Waals surface area contributed by atoms with Crippen molar-refractivity contribution in [2.24, 2.45) is 0 Å². The molecule has 15 heavy (non-hydrogen) atoms. The number of hydrogen-bond donors (Lipinski definition) is 0. The van der Waals surface area contributed by atoms with E-state index in [9.17, 15) is 0 Å². The average molecular weight is 203 g/mol. The molecule has 83 valence electrons. The molecule has 0 spiro atoms. The SMILES string of the molecule is [CH2]CC/C=C/C=C/C=C/C=C/CCCC. The smallest absolute Gasteiger partial charge is 0.0348 e. The summed E-state index contributed by atoms with van der Waals surface area (Å²) in [5.74, 6) is 0. The topological polar surface area (TPSA) is 0 Å². The minimum Gasteiger partial charge on any atom is -0.0845 e. The molecule has 0 aromatic carbocycles. The summed E-state index contributed by atoms with van der Waals surface area (Å²) >= 11 is 0. The fourth-order valence-corrected chi connectivity index (χ4v) is 1.05. The molecule has 0 heteroatoms. The molecule has 0 nitrogen and oxygen atoms in total. The van der Waals surface area contributed by atoms with Gasteiger partial charge in [-0.25, -0.2) is 0 Å². The van der Waals surface area contributed by atoms with Gasteiger partial charge in [0.1, 0.15) is 0 Å². The van der Waals surface area contributed by atoms with Gasteiger partial charge in [0, 0.05) is 0 Å². The molecule has 0 unspecified atom stereocenters. The van der Waals surface area contributed by atoms with Gasteiger partial charge in [-0.1, -0.05) is 75.3 Å². The van der Waals surface area contributed by atoms with Gasteiger partial charge in [0.15, 0.2) is 0 Å². The van der Waals surface area contributed by atoms with Gasteiger partial charge in [-0.15, -0.1) is 0 Å². The fraction of sp³-hybridized carbons (Fsp3) is 0.400. The van der Waals surface area contributed by atoms with Crippen LogP contribution in [0.25, 0.3) is 0 Å². The van der Waals surface area contributed by atoms with E-state index in [2.05, 4.69) is 50.3 Å². The van der Waals surface area contributed by atoms with Gasteiger partial charge in [-0.2, -0.15) is 0 Å². The van der Waals surface area contributed by atoms with E-state index in [1.165, 1.54) is 19.3 Å². The van der Waals surface area contributed by atoms with Crippen molar-refractivity contribution in [3.63, 3.8) is 0 Å². The summed E-state index contributed by atoms with van der Waals surface area (Å²) in [6.07, 6.45) is 22.5. The third-order valence-electron chi connectivity index (χ3n) is 1.92. The second-order valence-electron chi connectivity index (χ2n) is 3.41. The van der Waals surface area contributed by atoms with E-state index in [0.717, 1.165) is 12.8 Å². The Morgan fingerprint density at radius 2 is 1.33 bits per heavy atom.